The lowest BCUT2D eigenvalue weighted by Gasteiger charge is -2.27. The Labute approximate surface area is 221 Å². The van der Waals surface area contributed by atoms with Gasteiger partial charge in [0.2, 0.25) is 11.9 Å². The van der Waals surface area contributed by atoms with Crippen LogP contribution in [0, 0.1) is 0 Å². The van der Waals surface area contributed by atoms with Crippen LogP contribution in [0.4, 0.5) is 11.6 Å². The molecule has 1 amide bonds. The summed E-state index contributed by atoms with van der Waals surface area (Å²) in [5.74, 6) is 0.226. The number of aliphatic hydroxyl groups excluding tert-OH is 1. The zero-order chi connectivity index (χ0) is 26.3. The molecule has 0 bridgehead atoms. The highest BCUT2D eigenvalue weighted by Gasteiger charge is 2.38. The van der Waals surface area contributed by atoms with Crippen molar-refractivity contribution in [2.24, 2.45) is 0 Å². The van der Waals surface area contributed by atoms with Crippen molar-refractivity contribution in [3.8, 4) is 0 Å². The second-order valence-corrected chi connectivity index (χ2v) is 12.0. The summed E-state index contributed by atoms with van der Waals surface area (Å²) in [6.07, 6.45) is 5.39. The summed E-state index contributed by atoms with van der Waals surface area (Å²) in [5, 5.41) is 13.9. The molecule has 1 saturated heterocycles. The summed E-state index contributed by atoms with van der Waals surface area (Å²) in [6, 6.07) is 11.9. The third-order valence-corrected chi connectivity index (χ3v) is 8.28. The Morgan fingerprint density at radius 2 is 1.86 bits per heavy atom. The van der Waals surface area contributed by atoms with E-state index < -0.39 is 22.1 Å². The van der Waals surface area contributed by atoms with E-state index in [0.29, 0.717) is 27.8 Å². The second kappa shape index (κ2) is 10.0. The number of fused-ring (bicyclic) bond motifs is 1. The van der Waals surface area contributed by atoms with Gasteiger partial charge in [-0.1, -0.05) is 29.8 Å². The molecule has 2 aromatic carbocycles. The van der Waals surface area contributed by atoms with Crippen LogP contribution < -0.4 is 10.2 Å². The molecule has 2 unspecified atom stereocenters. The van der Waals surface area contributed by atoms with Gasteiger partial charge in [0, 0.05) is 24.4 Å². The number of hydrogen-bond donors (Lipinski definition) is 2. The Morgan fingerprint density at radius 3 is 2.51 bits per heavy atom. The number of hydrogen-bond acceptors (Lipinski definition) is 8. The molecule has 5 rings (SSSR count). The molecular weight excluding hydrogens is 514 g/mol. The number of anilines is 2. The maximum Gasteiger partial charge on any atom is 0.246 e. The first kappa shape index (κ1) is 25.6. The highest BCUT2D eigenvalue weighted by Crippen LogP contribution is 2.38. The maximum absolute atomic E-state index is 13.3. The number of sulfone groups is 1. The van der Waals surface area contributed by atoms with E-state index in [9.17, 15) is 18.3 Å². The minimum Gasteiger partial charge on any atom is -0.379 e. The number of benzene rings is 2. The number of aromatic nitrogens is 2. The maximum atomic E-state index is 13.3. The lowest BCUT2D eigenvalue weighted by Crippen LogP contribution is -2.38. The van der Waals surface area contributed by atoms with Crippen molar-refractivity contribution in [3.05, 3.63) is 76.6 Å². The van der Waals surface area contributed by atoms with Gasteiger partial charge in [-0.15, -0.1) is 0 Å². The number of aliphatic hydroxyl groups is 1. The monoisotopic (exact) mass is 541 g/mol. The average Bonchev–Trinajstić information content (AvgIpc) is 3.49. The van der Waals surface area contributed by atoms with Gasteiger partial charge in [0.1, 0.15) is 12.3 Å². The molecular formula is C26H28ClN5O4S. The summed E-state index contributed by atoms with van der Waals surface area (Å²) in [5.41, 5.74) is 2.94. The van der Waals surface area contributed by atoms with Crippen LogP contribution in [0.2, 0.25) is 5.02 Å². The zero-order valence-electron chi connectivity index (χ0n) is 20.5. The predicted molar refractivity (Wildman–Crippen MR) is 141 cm³/mol. The topological polar surface area (TPSA) is 116 Å². The van der Waals surface area contributed by atoms with E-state index in [1.54, 1.807) is 36.4 Å². The number of nitrogens with one attached hydrogen (secondary N) is 1. The molecule has 2 aliphatic heterocycles. The largest absolute Gasteiger partial charge is 0.379 e. The quantitative estimate of drug-likeness (QED) is 0.485. The third kappa shape index (κ3) is 5.19. The SMILES string of the molecule is CC(O)N1Cc2cc(S(C)(=O)=O)ccc2[C@@H]1C(=O)Nc1cnc(N2CCCC2c2ccc(Cl)cc2)nc1. The lowest BCUT2D eigenvalue weighted by molar-refractivity contribution is -0.125. The van der Waals surface area contributed by atoms with Crippen LogP contribution in [0.15, 0.2) is 59.8 Å². The molecule has 11 heteroatoms. The van der Waals surface area contributed by atoms with E-state index in [4.69, 9.17) is 11.6 Å². The molecule has 0 aliphatic carbocycles. The highest BCUT2D eigenvalue weighted by molar-refractivity contribution is 7.90. The molecule has 37 heavy (non-hydrogen) atoms. The number of carbonyl (C=O) groups excluding carboxylic acids is 1. The Bertz CT molecular complexity index is 1410. The predicted octanol–water partition coefficient (Wildman–Crippen LogP) is 3.71. The van der Waals surface area contributed by atoms with Crippen molar-refractivity contribution in [2.45, 2.75) is 49.5 Å². The van der Waals surface area contributed by atoms with Gasteiger partial charge >= 0.3 is 0 Å². The fourth-order valence-corrected chi connectivity index (χ4v) is 5.90. The fourth-order valence-electron chi connectivity index (χ4n) is 5.11. The first-order valence-corrected chi connectivity index (χ1v) is 14.3. The molecule has 1 aromatic heterocycles. The molecule has 194 valence electrons. The first-order chi connectivity index (χ1) is 17.6. The van der Waals surface area contributed by atoms with Crippen LogP contribution in [0.1, 0.15) is 48.5 Å². The summed E-state index contributed by atoms with van der Waals surface area (Å²) in [7, 11) is -3.39. The Morgan fingerprint density at radius 1 is 1.16 bits per heavy atom. The van der Waals surface area contributed by atoms with Crippen molar-refractivity contribution in [1.29, 1.82) is 0 Å². The van der Waals surface area contributed by atoms with Crippen LogP contribution in [-0.4, -0.2) is 53.3 Å². The fraction of sp³-hybridized carbons (Fsp3) is 0.346. The van der Waals surface area contributed by atoms with Crippen molar-refractivity contribution >= 4 is 39.0 Å². The first-order valence-electron chi connectivity index (χ1n) is 12.0. The average molecular weight is 542 g/mol. The van der Waals surface area contributed by atoms with Gasteiger partial charge in [-0.2, -0.15) is 0 Å². The molecule has 0 spiro atoms. The molecule has 9 nitrogen and oxygen atoms in total. The minimum atomic E-state index is -3.39. The van der Waals surface area contributed by atoms with Gasteiger partial charge in [-0.05, 0) is 60.7 Å². The summed E-state index contributed by atoms with van der Waals surface area (Å²) < 4.78 is 24.0. The van der Waals surface area contributed by atoms with Crippen LogP contribution >= 0.6 is 11.6 Å². The van der Waals surface area contributed by atoms with Crippen molar-refractivity contribution in [3.63, 3.8) is 0 Å². The van der Waals surface area contributed by atoms with Gasteiger partial charge in [0.25, 0.3) is 0 Å². The standard InChI is InChI=1S/C26H28ClN5O4S/c1-16(33)32-15-18-12-21(37(2,35)36)9-10-22(18)24(32)25(34)30-20-13-28-26(29-14-20)31-11-3-4-23(31)17-5-7-19(27)8-6-17/h5-10,12-14,16,23-24,33H,3-4,11,15H2,1-2H3,(H,30,34)/t16?,23?,24-/m1/s1. The Balaban J connectivity index is 1.34. The van der Waals surface area contributed by atoms with Crippen LogP contribution in [0.3, 0.4) is 0 Å². The molecule has 3 atom stereocenters. The number of nitrogens with zero attached hydrogens (tertiary/aromatic N) is 4. The van der Waals surface area contributed by atoms with E-state index in [0.717, 1.165) is 31.2 Å². The van der Waals surface area contributed by atoms with Gasteiger partial charge in [-0.3, -0.25) is 9.69 Å². The van der Waals surface area contributed by atoms with E-state index in [-0.39, 0.29) is 23.4 Å². The molecule has 2 aliphatic rings. The molecule has 3 heterocycles. The number of halogens is 1. The normalized spacial score (nSPS) is 20.6. The van der Waals surface area contributed by atoms with Crippen LogP contribution in [0.5, 0.6) is 0 Å². The van der Waals surface area contributed by atoms with Crippen molar-refractivity contribution < 1.29 is 18.3 Å². The van der Waals surface area contributed by atoms with Gasteiger partial charge in [0.15, 0.2) is 9.84 Å². The molecule has 2 N–H and O–H groups in total. The second-order valence-electron chi connectivity index (χ2n) is 9.50. The van der Waals surface area contributed by atoms with Crippen LogP contribution in [-0.2, 0) is 21.2 Å². The van der Waals surface area contributed by atoms with Crippen molar-refractivity contribution in [1.82, 2.24) is 14.9 Å². The smallest absolute Gasteiger partial charge is 0.246 e. The molecule has 1 fully saturated rings. The summed E-state index contributed by atoms with van der Waals surface area (Å²) in [6.45, 7) is 2.66. The Hall–Kier alpha value is -3.05. The Kier molecular flexibility index (Phi) is 6.93. The zero-order valence-corrected chi connectivity index (χ0v) is 22.1. The molecule has 0 saturated carbocycles. The lowest BCUT2D eigenvalue weighted by atomic mass is 10.0. The van der Waals surface area contributed by atoms with Gasteiger partial charge < -0.3 is 15.3 Å². The van der Waals surface area contributed by atoms with E-state index in [1.165, 1.54) is 6.07 Å². The highest BCUT2D eigenvalue weighted by atomic mass is 35.5. The summed E-state index contributed by atoms with van der Waals surface area (Å²) in [4.78, 5) is 26.3. The van der Waals surface area contributed by atoms with Crippen LogP contribution in [0.25, 0.3) is 0 Å². The molecule has 0 radical (unpaired) electrons. The molecule has 3 aromatic rings. The van der Waals surface area contributed by atoms with Gasteiger partial charge in [-0.25, -0.2) is 18.4 Å². The van der Waals surface area contributed by atoms with E-state index in [1.807, 2.05) is 24.3 Å². The van der Waals surface area contributed by atoms with E-state index >= 15 is 0 Å². The third-order valence-electron chi connectivity index (χ3n) is 6.92. The number of carbonyl (C=O) groups is 1. The van der Waals surface area contributed by atoms with Crippen molar-refractivity contribution in [2.75, 3.05) is 23.0 Å². The van der Waals surface area contributed by atoms with Gasteiger partial charge in [0.05, 0.1) is 29.0 Å². The number of rotatable bonds is 6. The van der Waals surface area contributed by atoms with E-state index in [2.05, 4.69) is 20.2 Å². The summed E-state index contributed by atoms with van der Waals surface area (Å²) >= 11 is 6.04. The number of amides is 1. The minimum absolute atomic E-state index is 0.157.